The summed E-state index contributed by atoms with van der Waals surface area (Å²) >= 11 is 7.53. The van der Waals surface area contributed by atoms with E-state index in [9.17, 15) is 23.2 Å². The standard InChI is InChI=1S/C49H63ClF2N12O6S/c1-31-7-6-8-37(50)46(31)58-47(66)42-26-54-49(71-42)57-43-24-44(56-34(4)55-43)61-11-9-60(10-12-61)15-16-68-17-18-69-19-20-70-30-36-25-53-32(2)27-63(36)29-45(65)64-14-13-62(28-33(64)3)48(67)41-22-35-21-38(51)39(52)23-40(35)59(41)5/h6-8,21-24,26,32-33,36,53H,9-20,25,27-30H2,1-5H3,(H,58,66)(H,54,55,56,57)/t32-,33-,36?/m1/s1. The highest BCUT2D eigenvalue weighted by molar-refractivity contribution is 7.17. The molecule has 382 valence electrons. The Morgan fingerprint density at radius 2 is 1.65 bits per heavy atom. The van der Waals surface area contributed by atoms with Crippen molar-refractivity contribution in [1.82, 2.24) is 44.4 Å². The smallest absolute Gasteiger partial charge is 0.270 e. The average Bonchev–Trinajstić information content (AvgIpc) is 3.94. The van der Waals surface area contributed by atoms with Crippen molar-refractivity contribution in [1.29, 1.82) is 0 Å². The molecule has 22 heteroatoms. The highest BCUT2D eigenvalue weighted by Gasteiger charge is 2.34. The number of hydrogen-bond donors (Lipinski definition) is 3. The number of amides is 3. The number of halogens is 3. The van der Waals surface area contributed by atoms with E-state index < -0.39 is 11.6 Å². The predicted octanol–water partition coefficient (Wildman–Crippen LogP) is 5.18. The summed E-state index contributed by atoms with van der Waals surface area (Å²) in [4.78, 5) is 64.6. The maximum absolute atomic E-state index is 13.9. The minimum Gasteiger partial charge on any atom is -0.378 e. The van der Waals surface area contributed by atoms with E-state index in [-0.39, 0.29) is 42.4 Å². The predicted molar refractivity (Wildman–Crippen MR) is 270 cm³/mol. The van der Waals surface area contributed by atoms with Gasteiger partial charge in [0.2, 0.25) is 5.91 Å². The Labute approximate surface area is 421 Å². The van der Waals surface area contributed by atoms with Gasteiger partial charge in [-0.15, -0.1) is 0 Å². The third-order valence-corrected chi connectivity index (χ3v) is 14.4. The third-order valence-electron chi connectivity index (χ3n) is 13.2. The third kappa shape index (κ3) is 13.2. The minimum atomic E-state index is -0.962. The van der Waals surface area contributed by atoms with Gasteiger partial charge in [0.05, 0.1) is 68.6 Å². The van der Waals surface area contributed by atoms with E-state index in [2.05, 4.69) is 47.5 Å². The van der Waals surface area contributed by atoms with Crippen LogP contribution >= 0.6 is 22.9 Å². The summed E-state index contributed by atoms with van der Waals surface area (Å²) in [5.74, 6) is -0.387. The number of para-hydroxylation sites is 1. The molecule has 5 aromatic rings. The Kier molecular flexibility index (Phi) is 17.5. The molecule has 3 aliphatic rings. The van der Waals surface area contributed by atoms with Crippen LogP contribution in [0.3, 0.4) is 0 Å². The Morgan fingerprint density at radius 1 is 0.901 bits per heavy atom. The lowest BCUT2D eigenvalue weighted by Crippen LogP contribution is -2.61. The molecule has 3 aliphatic heterocycles. The highest BCUT2D eigenvalue weighted by Crippen LogP contribution is 2.29. The van der Waals surface area contributed by atoms with Crippen molar-refractivity contribution in [2.45, 2.75) is 45.8 Å². The van der Waals surface area contributed by atoms with Crippen molar-refractivity contribution in [2.75, 3.05) is 127 Å². The lowest BCUT2D eigenvalue weighted by atomic mass is 10.1. The van der Waals surface area contributed by atoms with Crippen molar-refractivity contribution in [2.24, 2.45) is 7.05 Å². The number of rotatable bonds is 19. The summed E-state index contributed by atoms with van der Waals surface area (Å²) in [6.07, 6.45) is 1.53. The second kappa shape index (κ2) is 23.9. The van der Waals surface area contributed by atoms with Crippen LogP contribution in [-0.2, 0) is 26.1 Å². The zero-order valence-electron chi connectivity index (χ0n) is 40.9. The number of fused-ring (bicyclic) bond motifs is 1. The molecule has 0 radical (unpaired) electrons. The van der Waals surface area contributed by atoms with Crippen LogP contribution < -0.4 is 20.9 Å². The van der Waals surface area contributed by atoms with Gasteiger partial charge in [-0.05, 0) is 51.5 Å². The number of aryl methyl sites for hydroxylation is 3. The largest absolute Gasteiger partial charge is 0.378 e. The molecule has 3 N–H and O–H groups in total. The van der Waals surface area contributed by atoms with Crippen LogP contribution in [0.4, 0.5) is 31.2 Å². The fourth-order valence-corrected chi connectivity index (χ4v) is 10.2. The van der Waals surface area contributed by atoms with E-state index >= 15 is 0 Å². The van der Waals surface area contributed by atoms with E-state index in [0.29, 0.717) is 121 Å². The highest BCUT2D eigenvalue weighted by atomic mass is 35.5. The monoisotopic (exact) mass is 1020 g/mol. The van der Waals surface area contributed by atoms with Crippen molar-refractivity contribution < 1.29 is 37.4 Å². The molecule has 3 atom stereocenters. The van der Waals surface area contributed by atoms with Crippen molar-refractivity contribution >= 4 is 74.0 Å². The van der Waals surface area contributed by atoms with Gasteiger partial charge in [0.25, 0.3) is 11.8 Å². The van der Waals surface area contributed by atoms with Crippen LogP contribution in [0.1, 0.15) is 45.4 Å². The topological polar surface area (TPSA) is 175 Å². The number of piperazine rings is 3. The molecule has 3 aromatic heterocycles. The van der Waals surface area contributed by atoms with Gasteiger partial charge in [-0.2, -0.15) is 0 Å². The van der Waals surface area contributed by atoms with Crippen LogP contribution in [0.15, 0.2) is 48.7 Å². The lowest BCUT2D eigenvalue weighted by molar-refractivity contribution is -0.138. The number of ether oxygens (including phenoxy) is 3. The van der Waals surface area contributed by atoms with Gasteiger partial charge in [0.15, 0.2) is 16.8 Å². The Bertz CT molecular complexity index is 2650. The number of nitrogens with one attached hydrogen (secondary N) is 3. The SMILES string of the molecule is Cc1nc(Nc2ncc(C(=O)Nc3c(C)cccc3Cl)s2)cc(N2CCN(CCOCCOCCOCC3CN[C@H](C)CN3CC(=O)N3CCN(C(=O)c4cc5cc(F)c(F)cc5n4C)C[C@H]3C)CC2)n1. The van der Waals surface area contributed by atoms with Crippen molar-refractivity contribution in [3.8, 4) is 0 Å². The molecule has 2 aromatic carbocycles. The number of aromatic nitrogens is 4. The van der Waals surface area contributed by atoms with Crippen LogP contribution in [0.5, 0.6) is 0 Å². The molecular formula is C49H63ClF2N12O6S. The second-order valence-electron chi connectivity index (χ2n) is 18.3. The molecular weight excluding hydrogens is 958 g/mol. The first-order valence-electron chi connectivity index (χ1n) is 24.1. The molecule has 0 saturated carbocycles. The zero-order chi connectivity index (χ0) is 50.2. The number of benzene rings is 2. The Morgan fingerprint density at radius 3 is 2.41 bits per heavy atom. The lowest BCUT2D eigenvalue weighted by Gasteiger charge is -2.43. The molecule has 1 unspecified atom stereocenters. The van der Waals surface area contributed by atoms with Gasteiger partial charge in [-0.3, -0.25) is 24.2 Å². The molecule has 0 aliphatic carbocycles. The summed E-state index contributed by atoms with van der Waals surface area (Å²) in [5.41, 5.74) is 2.23. The number of carbonyl (C=O) groups is 3. The first-order chi connectivity index (χ1) is 34.2. The van der Waals surface area contributed by atoms with Gasteiger partial charge in [0, 0.05) is 108 Å². The van der Waals surface area contributed by atoms with Crippen LogP contribution in [-0.4, -0.2) is 187 Å². The molecule has 8 rings (SSSR count). The molecule has 18 nitrogen and oxygen atoms in total. The van der Waals surface area contributed by atoms with Crippen LogP contribution in [0, 0.1) is 25.5 Å². The van der Waals surface area contributed by atoms with E-state index in [4.69, 9.17) is 30.8 Å². The maximum atomic E-state index is 13.9. The normalized spacial score (nSPS) is 19.2. The molecule has 3 fully saturated rings. The van der Waals surface area contributed by atoms with Crippen molar-refractivity contribution in [3.05, 3.63) is 87.3 Å². The van der Waals surface area contributed by atoms with E-state index in [1.807, 2.05) is 43.9 Å². The van der Waals surface area contributed by atoms with Crippen molar-refractivity contribution in [3.63, 3.8) is 0 Å². The molecule has 3 amide bonds. The molecule has 0 spiro atoms. The fourth-order valence-electron chi connectivity index (χ4n) is 9.21. The number of anilines is 4. The van der Waals surface area contributed by atoms with Gasteiger partial charge < -0.3 is 49.4 Å². The van der Waals surface area contributed by atoms with Gasteiger partial charge in [-0.25, -0.2) is 23.7 Å². The summed E-state index contributed by atoms with van der Waals surface area (Å²) in [7, 11) is 1.66. The van der Waals surface area contributed by atoms with Gasteiger partial charge >= 0.3 is 0 Å². The number of nitrogens with zero attached hydrogens (tertiary/aromatic N) is 9. The maximum Gasteiger partial charge on any atom is 0.270 e. The Balaban J connectivity index is 0.683. The van der Waals surface area contributed by atoms with E-state index in [1.54, 1.807) is 28.6 Å². The number of hydrogen-bond acceptors (Lipinski definition) is 15. The van der Waals surface area contributed by atoms with Gasteiger partial charge in [0.1, 0.15) is 28.0 Å². The summed E-state index contributed by atoms with van der Waals surface area (Å²) < 4.78 is 47.1. The fraction of sp³-hybridized carbons (Fsp3) is 0.510. The molecule has 71 heavy (non-hydrogen) atoms. The van der Waals surface area contributed by atoms with Crippen LogP contribution in [0.2, 0.25) is 5.02 Å². The first-order valence-corrected chi connectivity index (χ1v) is 25.3. The average molecular weight is 1020 g/mol. The number of carbonyl (C=O) groups excluding carboxylic acids is 3. The Hall–Kier alpha value is -5.39. The quantitative estimate of drug-likeness (QED) is 0.0924. The van der Waals surface area contributed by atoms with Gasteiger partial charge in [-0.1, -0.05) is 35.1 Å². The van der Waals surface area contributed by atoms with Crippen LogP contribution in [0.25, 0.3) is 10.9 Å². The zero-order valence-corrected chi connectivity index (χ0v) is 42.5. The summed E-state index contributed by atoms with van der Waals surface area (Å²) in [6, 6.07) is 11.2. The minimum absolute atomic E-state index is 0.00379. The van der Waals surface area contributed by atoms with E-state index in [0.717, 1.165) is 56.2 Å². The first kappa shape index (κ1) is 51.9. The number of thiazole rings is 1. The molecule has 3 saturated heterocycles. The van der Waals surface area contributed by atoms with E-state index in [1.165, 1.54) is 17.5 Å². The molecule has 6 heterocycles. The molecule has 0 bridgehead atoms. The summed E-state index contributed by atoms with van der Waals surface area (Å²) in [6.45, 7) is 17.5. The summed E-state index contributed by atoms with van der Waals surface area (Å²) in [5, 5.41) is 11.1. The second-order valence-corrected chi connectivity index (χ2v) is 19.8.